The van der Waals surface area contributed by atoms with E-state index in [4.69, 9.17) is 20.2 Å². The minimum absolute atomic E-state index is 0.0348. The van der Waals surface area contributed by atoms with Gasteiger partial charge in [0, 0.05) is 49.7 Å². The van der Waals surface area contributed by atoms with Gasteiger partial charge in [0.15, 0.2) is 17.7 Å². The predicted molar refractivity (Wildman–Crippen MR) is 210 cm³/mol. The minimum atomic E-state index is -1.02. The van der Waals surface area contributed by atoms with Gasteiger partial charge >= 0.3 is 0 Å². The van der Waals surface area contributed by atoms with Crippen LogP contribution in [0.25, 0.3) is 0 Å². The van der Waals surface area contributed by atoms with Crippen molar-refractivity contribution in [2.75, 3.05) is 13.1 Å². The van der Waals surface area contributed by atoms with Gasteiger partial charge in [-0.3, -0.25) is 15.1 Å². The molecular formula is C46H50N4O5. The summed E-state index contributed by atoms with van der Waals surface area (Å²) >= 11 is 0. The van der Waals surface area contributed by atoms with Gasteiger partial charge in [-0.1, -0.05) is 67.9 Å². The van der Waals surface area contributed by atoms with Crippen LogP contribution in [0.15, 0.2) is 71.0 Å². The van der Waals surface area contributed by atoms with Crippen LogP contribution in [-0.4, -0.2) is 52.0 Å². The molecule has 7 aliphatic rings. The monoisotopic (exact) mass is 738 g/mol. The summed E-state index contributed by atoms with van der Waals surface area (Å²) in [4.78, 5) is 20.2. The van der Waals surface area contributed by atoms with E-state index in [1.807, 2.05) is 36.5 Å². The van der Waals surface area contributed by atoms with E-state index < -0.39 is 29.8 Å². The fourth-order valence-electron chi connectivity index (χ4n) is 9.73. The summed E-state index contributed by atoms with van der Waals surface area (Å²) in [5.74, 6) is 11.7. The molecule has 2 aliphatic carbocycles. The van der Waals surface area contributed by atoms with Crippen LogP contribution in [-0.2, 0) is 24.1 Å². The van der Waals surface area contributed by atoms with Gasteiger partial charge in [-0.05, 0) is 90.0 Å². The first-order chi connectivity index (χ1) is 26.7. The number of carbonyl (C=O) groups excluding carboxylic acids is 1. The molecule has 9 rings (SSSR count). The maximum atomic E-state index is 13.1. The second kappa shape index (κ2) is 14.8. The number of allylic oxidation sites excluding steroid dienone is 2. The number of carbonyl (C=O) groups is 1. The van der Waals surface area contributed by atoms with Gasteiger partial charge in [0.1, 0.15) is 18.0 Å². The molecule has 5 heterocycles. The number of fused-ring (bicyclic) bond motifs is 8. The van der Waals surface area contributed by atoms with E-state index in [0.29, 0.717) is 43.2 Å². The number of hydrogen-bond donors (Lipinski definition) is 4. The first kappa shape index (κ1) is 36.0. The van der Waals surface area contributed by atoms with Crippen molar-refractivity contribution in [2.24, 2.45) is 33.9 Å². The lowest BCUT2D eigenvalue weighted by Gasteiger charge is -2.39. The molecule has 1 spiro atoms. The van der Waals surface area contributed by atoms with Gasteiger partial charge in [-0.2, -0.15) is 0 Å². The highest BCUT2D eigenvalue weighted by Gasteiger charge is 2.48. The van der Waals surface area contributed by atoms with Crippen LogP contribution in [0.2, 0.25) is 0 Å². The number of aliphatic hydroxyl groups excluding tert-OH is 2. The molecule has 0 radical (unpaired) electrons. The second-order valence-electron chi connectivity index (χ2n) is 16.6. The molecule has 5 N–H and O–H groups in total. The van der Waals surface area contributed by atoms with E-state index in [1.54, 1.807) is 0 Å². The Hall–Kier alpha value is -4.64. The third-order valence-corrected chi connectivity index (χ3v) is 13.0. The van der Waals surface area contributed by atoms with Crippen molar-refractivity contribution in [3.05, 3.63) is 93.8 Å². The van der Waals surface area contributed by atoms with Crippen LogP contribution in [0.3, 0.4) is 0 Å². The molecule has 7 atom stereocenters. The highest BCUT2D eigenvalue weighted by molar-refractivity contribution is 6.09. The van der Waals surface area contributed by atoms with Crippen LogP contribution < -0.4 is 20.5 Å². The summed E-state index contributed by atoms with van der Waals surface area (Å²) in [5, 5.41) is 26.1. The van der Waals surface area contributed by atoms with Gasteiger partial charge in [0.2, 0.25) is 0 Å². The fourth-order valence-corrected chi connectivity index (χ4v) is 9.73. The Morgan fingerprint density at radius 1 is 1.11 bits per heavy atom. The first-order valence-corrected chi connectivity index (χ1v) is 20.2. The average Bonchev–Trinajstić information content (AvgIpc) is 3.93. The second-order valence-corrected chi connectivity index (χ2v) is 16.6. The summed E-state index contributed by atoms with van der Waals surface area (Å²) in [6.07, 6.45) is 17.1. The van der Waals surface area contributed by atoms with Crippen LogP contribution in [0, 0.1) is 47.0 Å². The van der Waals surface area contributed by atoms with E-state index in [0.717, 1.165) is 90.6 Å². The number of ketones is 1. The van der Waals surface area contributed by atoms with Crippen molar-refractivity contribution < 1.29 is 24.5 Å². The Morgan fingerprint density at radius 2 is 1.96 bits per heavy atom. The molecular weight excluding hydrogens is 689 g/mol. The zero-order valence-corrected chi connectivity index (χ0v) is 31.5. The summed E-state index contributed by atoms with van der Waals surface area (Å²) < 4.78 is 13.3. The van der Waals surface area contributed by atoms with Gasteiger partial charge in [-0.25, -0.2) is 0 Å². The topological polar surface area (TPSA) is 130 Å². The Morgan fingerprint density at radius 3 is 2.80 bits per heavy atom. The van der Waals surface area contributed by atoms with E-state index in [-0.39, 0.29) is 24.3 Å². The Balaban J connectivity index is 1.05. The van der Waals surface area contributed by atoms with E-state index >= 15 is 0 Å². The molecule has 0 unspecified atom stereocenters. The fraction of sp³-hybridized carbons (Fsp3) is 0.478. The van der Waals surface area contributed by atoms with Crippen molar-refractivity contribution in [1.82, 2.24) is 10.2 Å². The number of nitrogens with one attached hydrogen (secondary N) is 1. The normalized spacial score (nSPS) is 28.8. The molecule has 1 fully saturated rings. The van der Waals surface area contributed by atoms with Crippen molar-refractivity contribution in [3.8, 4) is 35.4 Å². The number of nitrogens with two attached hydrogens (primary N) is 1. The Kier molecular flexibility index (Phi) is 9.68. The van der Waals surface area contributed by atoms with Gasteiger partial charge < -0.3 is 30.3 Å². The number of rotatable bonds is 6. The zero-order chi connectivity index (χ0) is 37.7. The lowest BCUT2D eigenvalue weighted by Crippen LogP contribution is -2.47. The number of ether oxygens (including phenoxy) is 2. The third kappa shape index (κ3) is 6.93. The molecule has 5 aliphatic heterocycles. The van der Waals surface area contributed by atoms with Gasteiger partial charge in [-0.15, -0.1) is 0 Å². The average molecular weight is 739 g/mol. The number of aryl methyl sites for hydroxylation is 1. The SMILES string of the molecule is C[C@H]1C=C[C@H]([C@@H](O)CC(=O)CCc2ccc3c(c2)O[C@H]2[C@@H](C#C[C@H](O)c4ccc5c(c4CC4=CN=C6CN2C=C46)CCN[C@H]5N)C2(C#CO3)CCCC2)CC1. The van der Waals surface area contributed by atoms with Crippen molar-refractivity contribution in [3.63, 3.8) is 0 Å². The smallest absolute Gasteiger partial charge is 0.187 e. The highest BCUT2D eigenvalue weighted by atomic mass is 16.5. The summed E-state index contributed by atoms with van der Waals surface area (Å²) in [7, 11) is 0. The molecule has 2 aromatic carbocycles. The largest absolute Gasteiger partial charge is 0.465 e. The van der Waals surface area contributed by atoms with Crippen LogP contribution in [0.1, 0.15) is 98.4 Å². The standard InChI is InChI=1S/C46H50N4O5/c1-28-4-8-30(9-5-28)41(53)24-32(51)10-6-29-7-15-42-43(22-29)55-45-38(46(19-21-54-42)17-2-3-18-46)13-14-40(52)34-11-12-35-33(16-20-48-44(35)47)36(34)23-31-25-49-39-27-50(45)26-37(31)39/h4,7-8,11-12,15,22,25-26,28,30,38,40-41,44-45,48,52-53H,2-3,5-6,9-10,16-18,20,23-24,27,47H2,1H3/t28-,30-,38+,40-,41-,44+,45-/m0/s1. The maximum absolute atomic E-state index is 13.1. The highest BCUT2D eigenvalue weighted by Crippen LogP contribution is 2.49. The third-order valence-electron chi connectivity index (χ3n) is 13.0. The number of Topliss-reactive ketones (excluding diaryl/α,β-unsaturated/α-hetero) is 1. The zero-order valence-electron chi connectivity index (χ0n) is 31.5. The molecule has 2 bridgehead atoms. The van der Waals surface area contributed by atoms with E-state index in [2.05, 4.69) is 59.4 Å². The van der Waals surface area contributed by atoms with Crippen LogP contribution >= 0.6 is 0 Å². The summed E-state index contributed by atoms with van der Waals surface area (Å²) in [6.45, 7) is 3.51. The molecule has 284 valence electrons. The maximum Gasteiger partial charge on any atom is 0.187 e. The van der Waals surface area contributed by atoms with E-state index in [1.165, 1.54) is 5.56 Å². The number of aliphatic hydroxyl groups is 2. The van der Waals surface area contributed by atoms with Crippen LogP contribution in [0.4, 0.5) is 0 Å². The molecule has 55 heavy (non-hydrogen) atoms. The Labute approximate surface area is 323 Å². The van der Waals surface area contributed by atoms with Crippen molar-refractivity contribution >= 4 is 11.5 Å². The molecule has 0 amide bonds. The number of hydrogen-bond acceptors (Lipinski definition) is 9. The molecule has 0 aromatic heterocycles. The number of aliphatic imine (C=N–C) groups is 1. The lowest BCUT2D eigenvalue weighted by molar-refractivity contribution is -0.121. The molecule has 9 heteroatoms. The van der Waals surface area contributed by atoms with Crippen molar-refractivity contribution in [2.45, 2.75) is 102 Å². The van der Waals surface area contributed by atoms with Crippen molar-refractivity contribution in [1.29, 1.82) is 0 Å². The molecule has 1 saturated carbocycles. The van der Waals surface area contributed by atoms with Gasteiger partial charge in [0.25, 0.3) is 0 Å². The van der Waals surface area contributed by atoms with E-state index in [9.17, 15) is 15.0 Å². The molecule has 2 aromatic rings. The summed E-state index contributed by atoms with van der Waals surface area (Å²) in [5.41, 5.74) is 14.2. The molecule has 0 saturated heterocycles. The number of nitrogens with zero attached hydrogens (tertiary/aromatic N) is 2. The molecule has 9 nitrogen and oxygen atoms in total. The lowest BCUT2D eigenvalue weighted by atomic mass is 9.73. The van der Waals surface area contributed by atoms with Crippen LogP contribution in [0.5, 0.6) is 11.5 Å². The summed E-state index contributed by atoms with van der Waals surface area (Å²) in [6, 6.07) is 9.82. The quantitative estimate of drug-likeness (QED) is 0.219. The number of benzene rings is 2. The first-order valence-electron chi connectivity index (χ1n) is 20.2. The predicted octanol–water partition coefficient (Wildman–Crippen LogP) is 5.71. The van der Waals surface area contributed by atoms with Gasteiger partial charge in [0.05, 0.1) is 35.9 Å². The Bertz CT molecular complexity index is 2140. The minimum Gasteiger partial charge on any atom is -0.465 e.